The Morgan fingerprint density at radius 3 is 2.88 bits per heavy atom. The van der Waals surface area contributed by atoms with Crippen molar-refractivity contribution in [2.45, 2.75) is 19.5 Å². The lowest BCUT2D eigenvalue weighted by atomic mass is 10.1. The van der Waals surface area contributed by atoms with Gasteiger partial charge in [0.2, 0.25) is 0 Å². The molecule has 2 aromatic rings. The molecule has 3 nitrogen and oxygen atoms in total. The van der Waals surface area contributed by atoms with Gasteiger partial charge in [0.1, 0.15) is 0 Å². The number of fused-ring (bicyclic) bond motifs is 1. The van der Waals surface area contributed by atoms with Gasteiger partial charge in [-0.3, -0.25) is 4.68 Å². The number of hydrogen-bond donors (Lipinski definition) is 1. The van der Waals surface area contributed by atoms with Gasteiger partial charge in [0, 0.05) is 37.8 Å². The molecular weight excluding hydrogens is 198 g/mol. The van der Waals surface area contributed by atoms with Crippen LogP contribution in [0.15, 0.2) is 30.3 Å². The van der Waals surface area contributed by atoms with E-state index < -0.39 is 0 Å². The van der Waals surface area contributed by atoms with E-state index in [2.05, 4.69) is 40.7 Å². The Hall–Kier alpha value is -1.61. The molecule has 0 saturated carbocycles. The van der Waals surface area contributed by atoms with E-state index in [1.807, 2.05) is 11.7 Å². The zero-order valence-electron chi connectivity index (χ0n) is 9.40. The lowest BCUT2D eigenvalue weighted by molar-refractivity contribution is 0.662. The molecule has 3 rings (SSSR count). The molecule has 1 N–H and O–H groups in total. The highest BCUT2D eigenvalue weighted by molar-refractivity contribution is 5.33. The molecule has 1 aliphatic heterocycles. The molecule has 0 aliphatic carbocycles. The minimum Gasteiger partial charge on any atom is -0.307 e. The largest absolute Gasteiger partial charge is 0.307 e. The van der Waals surface area contributed by atoms with E-state index in [4.69, 9.17) is 0 Å². The van der Waals surface area contributed by atoms with Crippen LogP contribution >= 0.6 is 0 Å². The summed E-state index contributed by atoms with van der Waals surface area (Å²) in [7, 11) is 2.04. The van der Waals surface area contributed by atoms with Crippen molar-refractivity contribution >= 4 is 0 Å². The highest BCUT2D eigenvalue weighted by Crippen LogP contribution is 2.21. The van der Waals surface area contributed by atoms with Gasteiger partial charge in [-0.1, -0.05) is 30.3 Å². The molecule has 0 fully saturated rings. The van der Waals surface area contributed by atoms with Crippen molar-refractivity contribution in [1.29, 1.82) is 0 Å². The zero-order chi connectivity index (χ0) is 11.0. The van der Waals surface area contributed by atoms with Gasteiger partial charge in [-0.25, -0.2) is 0 Å². The van der Waals surface area contributed by atoms with Crippen molar-refractivity contribution in [1.82, 2.24) is 15.1 Å². The molecule has 0 atom stereocenters. The molecule has 3 heteroatoms. The lowest BCUT2D eigenvalue weighted by Crippen LogP contribution is -2.08. The third kappa shape index (κ3) is 1.53. The molecule has 0 bridgehead atoms. The maximum atomic E-state index is 4.54. The SMILES string of the molecule is Cn1nc2c(c1Cc1ccccc1)CNC2. The Morgan fingerprint density at radius 1 is 1.25 bits per heavy atom. The molecule has 0 spiro atoms. The van der Waals surface area contributed by atoms with Crippen LogP contribution in [-0.2, 0) is 26.6 Å². The van der Waals surface area contributed by atoms with E-state index in [1.54, 1.807) is 0 Å². The summed E-state index contributed by atoms with van der Waals surface area (Å²) in [5.74, 6) is 0. The molecule has 0 saturated heterocycles. The predicted molar refractivity (Wildman–Crippen MR) is 63.0 cm³/mol. The summed E-state index contributed by atoms with van der Waals surface area (Å²) in [5, 5.41) is 7.89. The average molecular weight is 213 g/mol. The fourth-order valence-corrected chi connectivity index (χ4v) is 2.33. The summed E-state index contributed by atoms with van der Waals surface area (Å²) >= 11 is 0. The fraction of sp³-hybridized carbons (Fsp3) is 0.308. The topological polar surface area (TPSA) is 29.9 Å². The van der Waals surface area contributed by atoms with Crippen molar-refractivity contribution in [2.75, 3.05) is 0 Å². The summed E-state index contributed by atoms with van der Waals surface area (Å²) in [6.45, 7) is 1.88. The van der Waals surface area contributed by atoms with Crippen molar-refractivity contribution < 1.29 is 0 Å². The number of hydrogen-bond acceptors (Lipinski definition) is 2. The van der Waals surface area contributed by atoms with E-state index in [0.717, 1.165) is 19.5 Å². The first-order valence-electron chi connectivity index (χ1n) is 5.63. The Morgan fingerprint density at radius 2 is 2.06 bits per heavy atom. The van der Waals surface area contributed by atoms with Crippen LogP contribution < -0.4 is 5.32 Å². The van der Waals surface area contributed by atoms with Crippen molar-refractivity contribution in [2.24, 2.45) is 7.05 Å². The highest BCUT2D eigenvalue weighted by atomic mass is 15.3. The third-order valence-electron chi connectivity index (χ3n) is 3.17. The maximum absolute atomic E-state index is 4.54. The van der Waals surface area contributed by atoms with Crippen LogP contribution in [0.3, 0.4) is 0 Å². The van der Waals surface area contributed by atoms with Crippen molar-refractivity contribution in [3.05, 3.63) is 52.8 Å². The maximum Gasteiger partial charge on any atom is 0.0810 e. The molecule has 1 aromatic carbocycles. The van der Waals surface area contributed by atoms with Gasteiger partial charge in [-0.05, 0) is 5.56 Å². The number of nitrogens with one attached hydrogen (secondary N) is 1. The molecule has 2 heterocycles. The van der Waals surface area contributed by atoms with E-state index in [1.165, 1.54) is 22.5 Å². The zero-order valence-corrected chi connectivity index (χ0v) is 9.40. The van der Waals surface area contributed by atoms with Gasteiger partial charge in [0.15, 0.2) is 0 Å². The standard InChI is InChI=1S/C13H15N3/c1-16-13(7-10-5-3-2-4-6-10)11-8-14-9-12(11)15-16/h2-6,14H,7-9H2,1H3. The summed E-state index contributed by atoms with van der Waals surface area (Å²) in [5.41, 5.74) is 5.30. The van der Waals surface area contributed by atoms with Gasteiger partial charge < -0.3 is 5.32 Å². The minimum atomic E-state index is 0.915. The van der Waals surface area contributed by atoms with Gasteiger partial charge in [0.25, 0.3) is 0 Å². The third-order valence-corrected chi connectivity index (χ3v) is 3.17. The van der Waals surface area contributed by atoms with Crippen LogP contribution in [0.1, 0.15) is 22.5 Å². The van der Waals surface area contributed by atoms with Gasteiger partial charge >= 0.3 is 0 Å². The van der Waals surface area contributed by atoms with E-state index >= 15 is 0 Å². The first kappa shape index (κ1) is 9.60. The Bertz CT molecular complexity index is 499. The monoisotopic (exact) mass is 213 g/mol. The Labute approximate surface area is 95.1 Å². The van der Waals surface area contributed by atoms with Crippen LogP contribution in [0.25, 0.3) is 0 Å². The summed E-state index contributed by atoms with van der Waals surface area (Å²) in [6, 6.07) is 10.6. The van der Waals surface area contributed by atoms with E-state index in [-0.39, 0.29) is 0 Å². The molecule has 0 unspecified atom stereocenters. The Kier molecular flexibility index (Phi) is 2.26. The summed E-state index contributed by atoms with van der Waals surface area (Å²) < 4.78 is 2.03. The molecule has 1 aliphatic rings. The highest BCUT2D eigenvalue weighted by Gasteiger charge is 2.19. The smallest absolute Gasteiger partial charge is 0.0810 e. The van der Waals surface area contributed by atoms with E-state index in [0.29, 0.717) is 0 Å². The van der Waals surface area contributed by atoms with Crippen LogP contribution in [0.4, 0.5) is 0 Å². The van der Waals surface area contributed by atoms with Gasteiger partial charge in [0.05, 0.1) is 5.69 Å². The van der Waals surface area contributed by atoms with Crippen LogP contribution in [0.2, 0.25) is 0 Å². The number of rotatable bonds is 2. The molecular formula is C13H15N3. The molecule has 82 valence electrons. The van der Waals surface area contributed by atoms with Crippen LogP contribution in [0, 0.1) is 0 Å². The van der Waals surface area contributed by atoms with Crippen LogP contribution in [-0.4, -0.2) is 9.78 Å². The second-order valence-electron chi connectivity index (χ2n) is 4.26. The van der Waals surface area contributed by atoms with Crippen LogP contribution in [0.5, 0.6) is 0 Å². The average Bonchev–Trinajstić information content (AvgIpc) is 2.84. The molecule has 16 heavy (non-hydrogen) atoms. The summed E-state index contributed by atoms with van der Waals surface area (Å²) in [4.78, 5) is 0. The number of nitrogens with zero attached hydrogens (tertiary/aromatic N) is 2. The first-order chi connectivity index (χ1) is 7.84. The molecule has 1 aromatic heterocycles. The second kappa shape index (κ2) is 3.76. The van der Waals surface area contributed by atoms with Crippen molar-refractivity contribution in [3.8, 4) is 0 Å². The van der Waals surface area contributed by atoms with Crippen molar-refractivity contribution in [3.63, 3.8) is 0 Å². The Balaban J connectivity index is 1.96. The van der Waals surface area contributed by atoms with Gasteiger partial charge in [-0.2, -0.15) is 5.10 Å². The summed E-state index contributed by atoms with van der Waals surface area (Å²) in [6.07, 6.45) is 0.974. The number of aromatic nitrogens is 2. The van der Waals surface area contributed by atoms with Gasteiger partial charge in [-0.15, -0.1) is 0 Å². The normalized spacial score (nSPS) is 14.1. The predicted octanol–water partition coefficient (Wildman–Crippen LogP) is 1.61. The molecule has 0 amide bonds. The quantitative estimate of drug-likeness (QED) is 0.821. The number of aryl methyl sites for hydroxylation is 1. The molecule has 0 radical (unpaired) electrons. The van der Waals surface area contributed by atoms with E-state index in [9.17, 15) is 0 Å². The first-order valence-corrected chi connectivity index (χ1v) is 5.63. The number of benzene rings is 1. The second-order valence-corrected chi connectivity index (χ2v) is 4.26. The fourth-order valence-electron chi connectivity index (χ4n) is 2.33. The lowest BCUT2D eigenvalue weighted by Gasteiger charge is -2.05. The minimum absolute atomic E-state index is 0.915.